The highest BCUT2D eigenvalue weighted by Crippen LogP contribution is 2.43. The third-order valence-corrected chi connectivity index (χ3v) is 14.1. The molecule has 3 nitrogen and oxygen atoms in total. The second-order valence-electron chi connectivity index (χ2n) is 18.6. The van der Waals surface area contributed by atoms with Gasteiger partial charge in [-0.15, -0.1) is 0 Å². The van der Waals surface area contributed by atoms with Crippen LogP contribution in [0.25, 0.3) is 99.5 Å². The first-order valence-corrected chi connectivity index (χ1v) is 24.6. The number of aromatic nitrogens is 3. The topological polar surface area (TPSA) is 38.7 Å². The summed E-state index contributed by atoms with van der Waals surface area (Å²) in [7, 11) is 0. The zero-order valence-electron chi connectivity index (χ0n) is 45.7. The van der Waals surface area contributed by atoms with Crippen molar-refractivity contribution < 1.29 is 8.22 Å². The van der Waals surface area contributed by atoms with Gasteiger partial charge in [0.1, 0.15) is 0 Å². The Morgan fingerprint density at radius 1 is 0.292 bits per heavy atom. The third-order valence-electron chi connectivity index (χ3n) is 14.1. The molecule has 344 valence electrons. The Balaban J connectivity index is 0.988. The van der Waals surface area contributed by atoms with Gasteiger partial charge in [-0.2, -0.15) is 0 Å². The molecule has 12 rings (SSSR count). The number of pyridine rings is 3. The molecule has 0 spiro atoms. The number of hydrogen-bond donors (Lipinski definition) is 0. The van der Waals surface area contributed by atoms with E-state index in [1.54, 1.807) is 24.5 Å². The third kappa shape index (κ3) is 8.87. The highest BCUT2D eigenvalue weighted by Gasteiger charge is 2.18. The van der Waals surface area contributed by atoms with E-state index in [4.69, 9.17) is 23.2 Å². The van der Waals surface area contributed by atoms with Crippen molar-refractivity contribution in [3.05, 3.63) is 270 Å². The number of hydrogen-bond acceptors (Lipinski definition) is 3. The van der Waals surface area contributed by atoms with Crippen LogP contribution in [0, 0.1) is 13.7 Å². The van der Waals surface area contributed by atoms with E-state index in [0.717, 1.165) is 66.9 Å². The van der Waals surface area contributed by atoms with Gasteiger partial charge in [-0.05, 0) is 157 Å². The fourth-order valence-corrected chi connectivity index (χ4v) is 10.4. The molecule has 0 fully saturated rings. The lowest BCUT2D eigenvalue weighted by atomic mass is 9.86. The van der Waals surface area contributed by atoms with Gasteiger partial charge in [-0.3, -0.25) is 15.0 Å². The molecule has 0 radical (unpaired) electrons. The molecule has 0 N–H and O–H groups in total. The minimum Gasteiger partial charge on any atom is -0.256 e. The molecule has 0 bridgehead atoms. The van der Waals surface area contributed by atoms with Gasteiger partial charge in [0.2, 0.25) is 0 Å². The maximum Gasteiger partial charge on any atom is 0.0708 e. The Labute approximate surface area is 430 Å². The first kappa shape index (κ1) is 38.0. The van der Waals surface area contributed by atoms with Crippen molar-refractivity contribution in [1.82, 2.24) is 15.0 Å². The van der Waals surface area contributed by atoms with E-state index in [1.807, 2.05) is 85.1 Å². The minimum atomic E-state index is -2.36. The Morgan fingerprint density at radius 3 is 1.24 bits per heavy atom. The van der Waals surface area contributed by atoms with Crippen molar-refractivity contribution in [2.45, 2.75) is 39.4 Å². The quantitative estimate of drug-likeness (QED) is 0.115. The largest absolute Gasteiger partial charge is 0.256 e. The predicted molar refractivity (Wildman–Crippen MR) is 302 cm³/mol. The van der Waals surface area contributed by atoms with Crippen LogP contribution >= 0.6 is 0 Å². The predicted octanol–water partition coefficient (Wildman–Crippen LogP) is 17.5. The zero-order valence-corrected chi connectivity index (χ0v) is 39.7. The molecule has 3 heterocycles. The number of nitrogens with zero attached hydrogens (tertiary/aromatic N) is 3. The first-order chi connectivity index (χ1) is 37.9. The molecule has 12 aromatic rings. The zero-order chi connectivity index (χ0) is 53.4. The number of fused-ring (bicyclic) bond motifs is 6. The van der Waals surface area contributed by atoms with Crippen LogP contribution in [0.5, 0.6) is 0 Å². The Bertz CT molecular complexity index is 4020. The van der Waals surface area contributed by atoms with Gasteiger partial charge in [0.15, 0.2) is 0 Å². The first-order valence-electron chi connectivity index (χ1n) is 27.6. The van der Waals surface area contributed by atoms with Crippen molar-refractivity contribution in [2.75, 3.05) is 0 Å². The summed E-state index contributed by atoms with van der Waals surface area (Å²) in [6, 6.07) is 74.4. The summed E-state index contributed by atoms with van der Waals surface area (Å²) in [5.41, 5.74) is 14.8. The van der Waals surface area contributed by atoms with Gasteiger partial charge in [-0.1, -0.05) is 194 Å². The standard InChI is InChI=1S/C69H53N3/c1-46-36-67(50-18-6-3-7-19-50)70-43-54(46)32-30-48-38-49(31-33-55-44-71-68(37-47(55)2)51-20-8-4-9-21-51)40-56(39-48)57-24-12-13-25-58(57)66-45-72-69(52-22-10-5-11-23-52)42-64(66)53-34-35-63-61-28-15-14-26-59(61)60-27-16-17-29-62(60)65(63)41-53/h3-29,34-45H,30-33H2,1-2H3/i1D3,2D3. The molecular formula is C69H53N3. The summed E-state index contributed by atoms with van der Waals surface area (Å²) in [5.74, 6) is 0. The van der Waals surface area contributed by atoms with E-state index in [2.05, 4.69) is 127 Å². The summed E-state index contributed by atoms with van der Waals surface area (Å²) in [6.07, 6.45) is 7.39. The summed E-state index contributed by atoms with van der Waals surface area (Å²) in [6.45, 7) is -4.71. The van der Waals surface area contributed by atoms with Crippen molar-refractivity contribution in [2.24, 2.45) is 0 Å². The Kier molecular flexibility index (Phi) is 10.3. The fourth-order valence-electron chi connectivity index (χ4n) is 10.4. The van der Waals surface area contributed by atoms with E-state index in [-0.39, 0.29) is 11.1 Å². The SMILES string of the molecule is [2H]C([2H])([2H])c1cc(-c2ccccc2)ncc1CCc1cc(CCc2cnc(-c3ccccc3)cc2C([2H])([2H])[2H])cc(-c2ccccc2-c2cnc(-c3ccccc3)cc2-c2ccc3c4ccccc4c4ccccc4c3c2)c1. The highest BCUT2D eigenvalue weighted by atomic mass is 14.7. The number of benzene rings is 9. The van der Waals surface area contributed by atoms with Crippen molar-refractivity contribution in [3.63, 3.8) is 0 Å². The van der Waals surface area contributed by atoms with Gasteiger partial charge in [0, 0.05) is 49.1 Å². The van der Waals surface area contributed by atoms with Gasteiger partial charge >= 0.3 is 0 Å². The Morgan fingerprint density at radius 2 is 0.722 bits per heavy atom. The van der Waals surface area contributed by atoms with E-state index in [1.165, 1.54) is 32.3 Å². The van der Waals surface area contributed by atoms with Crippen LogP contribution in [0.2, 0.25) is 0 Å². The molecule has 0 aliphatic heterocycles. The molecule has 0 aliphatic carbocycles. The monoisotopic (exact) mass is 929 g/mol. The molecule has 9 aromatic carbocycles. The Hall–Kier alpha value is -8.79. The molecule has 72 heavy (non-hydrogen) atoms. The van der Waals surface area contributed by atoms with Crippen LogP contribution in [0.4, 0.5) is 0 Å². The van der Waals surface area contributed by atoms with E-state index in [9.17, 15) is 0 Å². The van der Waals surface area contributed by atoms with Gasteiger partial charge < -0.3 is 0 Å². The van der Waals surface area contributed by atoms with Gasteiger partial charge in [0.25, 0.3) is 0 Å². The van der Waals surface area contributed by atoms with Crippen molar-refractivity contribution in [3.8, 4) is 67.2 Å². The fraction of sp³-hybridized carbons (Fsp3) is 0.0870. The summed E-state index contributed by atoms with van der Waals surface area (Å²) < 4.78 is 51.6. The van der Waals surface area contributed by atoms with Crippen molar-refractivity contribution in [1.29, 1.82) is 0 Å². The maximum atomic E-state index is 8.61. The smallest absolute Gasteiger partial charge is 0.0708 e. The molecule has 0 aliphatic rings. The summed E-state index contributed by atoms with van der Waals surface area (Å²) >= 11 is 0. The van der Waals surface area contributed by atoms with Crippen LogP contribution in [0.3, 0.4) is 0 Å². The number of aryl methyl sites for hydroxylation is 6. The maximum absolute atomic E-state index is 8.61. The van der Waals surface area contributed by atoms with Crippen LogP contribution in [0.15, 0.2) is 237 Å². The van der Waals surface area contributed by atoms with Crippen LogP contribution in [-0.2, 0) is 25.7 Å². The molecule has 0 saturated carbocycles. The molecule has 0 atom stereocenters. The normalized spacial score (nSPS) is 13.0. The van der Waals surface area contributed by atoms with Gasteiger partial charge in [0.05, 0.1) is 17.1 Å². The summed E-state index contributed by atoms with van der Waals surface area (Å²) in [4.78, 5) is 14.7. The van der Waals surface area contributed by atoms with E-state index in [0.29, 0.717) is 48.2 Å². The molecule has 0 amide bonds. The molecule has 3 heteroatoms. The highest BCUT2D eigenvalue weighted by molar-refractivity contribution is 6.25. The molecule has 3 aromatic heterocycles. The van der Waals surface area contributed by atoms with Crippen LogP contribution in [0.1, 0.15) is 41.6 Å². The summed E-state index contributed by atoms with van der Waals surface area (Å²) in [5, 5.41) is 7.21. The average molecular weight is 930 g/mol. The second kappa shape index (κ2) is 19.5. The molecular weight excluding hydrogens is 871 g/mol. The second-order valence-corrected chi connectivity index (χ2v) is 18.6. The average Bonchev–Trinajstić information content (AvgIpc) is 3.67. The molecule has 0 unspecified atom stereocenters. The van der Waals surface area contributed by atoms with Gasteiger partial charge in [-0.25, -0.2) is 0 Å². The lowest BCUT2D eigenvalue weighted by molar-refractivity contribution is 0.913. The molecule has 0 saturated heterocycles. The number of rotatable bonds is 12. The lowest BCUT2D eigenvalue weighted by Gasteiger charge is -2.18. The lowest BCUT2D eigenvalue weighted by Crippen LogP contribution is -2.01. The van der Waals surface area contributed by atoms with Crippen LogP contribution < -0.4 is 0 Å². The van der Waals surface area contributed by atoms with E-state index >= 15 is 0 Å². The van der Waals surface area contributed by atoms with Crippen molar-refractivity contribution >= 4 is 32.3 Å². The minimum absolute atomic E-state index is 0.288. The van der Waals surface area contributed by atoms with E-state index < -0.39 is 13.7 Å². The van der Waals surface area contributed by atoms with Crippen LogP contribution in [-0.4, -0.2) is 15.0 Å².